The fourth-order valence-corrected chi connectivity index (χ4v) is 4.72. The minimum absolute atomic E-state index is 0.473. The molecular formula is C10H5N3Se4. The fraction of sp³-hybridized carbons (Fsp3) is 0.100. The number of hydrogen-bond acceptors (Lipinski definition) is 3. The van der Waals surface area contributed by atoms with E-state index in [0.717, 1.165) is 29.0 Å². The SMILES string of the molecule is N#CC1=C([Se])c2c(cc([Se])c([Se])c2[Se])CN1N. The molecule has 0 saturated heterocycles. The second-order valence-electron chi connectivity index (χ2n) is 3.48. The molecule has 2 rings (SSSR count). The number of nitrogens with two attached hydrogens (primary N) is 1. The summed E-state index contributed by atoms with van der Waals surface area (Å²) >= 11 is 12.0. The van der Waals surface area contributed by atoms with Crippen molar-refractivity contribution in [2.24, 2.45) is 5.84 Å². The molecule has 17 heavy (non-hydrogen) atoms. The van der Waals surface area contributed by atoms with Crippen molar-refractivity contribution < 1.29 is 0 Å². The molecule has 0 atom stereocenters. The number of nitriles is 1. The number of fused-ring (bicyclic) bond motifs is 1. The summed E-state index contributed by atoms with van der Waals surface area (Å²) in [7, 11) is 0. The van der Waals surface area contributed by atoms with Crippen LogP contribution in [-0.4, -0.2) is 69.1 Å². The summed E-state index contributed by atoms with van der Waals surface area (Å²) in [6.07, 6.45) is 0. The van der Waals surface area contributed by atoms with Crippen LogP contribution in [0.3, 0.4) is 0 Å². The maximum absolute atomic E-state index is 9.10. The van der Waals surface area contributed by atoms with Crippen LogP contribution in [0, 0.1) is 11.3 Å². The monoisotopic (exact) mass is 487 g/mol. The topological polar surface area (TPSA) is 53.0 Å². The first-order valence-corrected chi connectivity index (χ1v) is 7.95. The number of hydrogen-bond donors (Lipinski definition) is 1. The van der Waals surface area contributed by atoms with Crippen LogP contribution >= 0.6 is 0 Å². The molecule has 0 aliphatic carbocycles. The first kappa shape index (κ1) is 13.7. The molecule has 4 radical (unpaired) electrons. The van der Waals surface area contributed by atoms with Crippen molar-refractivity contribution in [1.29, 1.82) is 5.26 Å². The Labute approximate surface area is 132 Å². The average Bonchev–Trinajstić information content (AvgIpc) is 2.26. The van der Waals surface area contributed by atoms with Crippen LogP contribution in [0.5, 0.6) is 0 Å². The van der Waals surface area contributed by atoms with Crippen molar-refractivity contribution in [3.05, 3.63) is 22.9 Å². The molecule has 84 valence electrons. The summed E-state index contributed by atoms with van der Waals surface area (Å²) in [5, 5.41) is 10.6. The van der Waals surface area contributed by atoms with E-state index in [9.17, 15) is 0 Å². The van der Waals surface area contributed by atoms with E-state index in [-0.39, 0.29) is 0 Å². The average molecular weight is 483 g/mol. The Morgan fingerprint density at radius 3 is 2.47 bits per heavy atom. The molecule has 1 heterocycles. The van der Waals surface area contributed by atoms with Crippen LogP contribution in [0.1, 0.15) is 11.1 Å². The Hall–Kier alpha value is 0.288. The van der Waals surface area contributed by atoms with E-state index >= 15 is 0 Å². The van der Waals surface area contributed by atoms with Crippen molar-refractivity contribution in [2.45, 2.75) is 6.54 Å². The fourth-order valence-electron chi connectivity index (χ4n) is 1.67. The number of nitrogens with zero attached hydrogens (tertiary/aromatic N) is 2. The Bertz CT molecular complexity index is 574. The number of rotatable bonds is 0. The molecule has 0 unspecified atom stereocenters. The van der Waals surface area contributed by atoms with Gasteiger partial charge in [-0.1, -0.05) is 0 Å². The Kier molecular flexibility index (Phi) is 4.12. The standard InChI is InChI=1S/C10H5N3Se4/c11-2-5-8(15)7-4(3-13(5)12)1-6(14)9(16)10(7)17/h1H,3,12H2. The third-order valence-electron chi connectivity index (χ3n) is 2.46. The summed E-state index contributed by atoms with van der Waals surface area (Å²) in [4.78, 5) is 0. The van der Waals surface area contributed by atoms with Gasteiger partial charge in [0.25, 0.3) is 0 Å². The predicted molar refractivity (Wildman–Crippen MR) is 70.6 cm³/mol. The van der Waals surface area contributed by atoms with E-state index in [0.29, 0.717) is 12.2 Å². The van der Waals surface area contributed by atoms with Gasteiger partial charge in [-0.05, 0) is 0 Å². The quantitative estimate of drug-likeness (QED) is 0.319. The van der Waals surface area contributed by atoms with Crippen molar-refractivity contribution in [3.63, 3.8) is 0 Å². The summed E-state index contributed by atoms with van der Waals surface area (Å²) in [6, 6.07) is 4.17. The first-order chi connectivity index (χ1) is 7.97. The molecule has 1 aliphatic heterocycles. The van der Waals surface area contributed by atoms with Crippen LogP contribution in [0.15, 0.2) is 11.8 Å². The van der Waals surface area contributed by atoms with Crippen LogP contribution in [0.2, 0.25) is 0 Å². The molecule has 3 nitrogen and oxygen atoms in total. The molecular weight excluding hydrogens is 478 g/mol. The summed E-state index contributed by atoms with van der Waals surface area (Å²) in [5.74, 6) is 5.84. The molecule has 0 aromatic heterocycles. The normalized spacial score (nSPS) is 14.5. The van der Waals surface area contributed by atoms with Gasteiger partial charge in [-0.25, -0.2) is 0 Å². The minimum atomic E-state index is 0.473. The Morgan fingerprint density at radius 2 is 1.88 bits per heavy atom. The number of benzene rings is 1. The summed E-state index contributed by atoms with van der Waals surface area (Å²) < 4.78 is 3.91. The molecule has 1 aromatic rings. The van der Waals surface area contributed by atoms with Gasteiger partial charge in [0, 0.05) is 0 Å². The van der Waals surface area contributed by atoms with Gasteiger partial charge in [-0.2, -0.15) is 0 Å². The number of hydrazine groups is 1. The van der Waals surface area contributed by atoms with Gasteiger partial charge >= 0.3 is 134 Å². The van der Waals surface area contributed by atoms with Crippen molar-refractivity contribution in [3.8, 4) is 6.07 Å². The zero-order chi connectivity index (χ0) is 12.7. The molecule has 7 heteroatoms. The first-order valence-electron chi connectivity index (χ1n) is 4.52. The zero-order valence-electron chi connectivity index (χ0n) is 8.39. The van der Waals surface area contributed by atoms with Crippen LogP contribution in [0.25, 0.3) is 4.47 Å². The summed E-state index contributed by atoms with van der Waals surface area (Å²) in [6.45, 7) is 0.535. The van der Waals surface area contributed by atoms with Crippen molar-refractivity contribution in [1.82, 2.24) is 5.01 Å². The summed E-state index contributed by atoms with van der Waals surface area (Å²) in [5.41, 5.74) is 2.61. The van der Waals surface area contributed by atoms with E-state index < -0.39 is 0 Å². The Balaban J connectivity index is 2.78. The molecule has 2 N–H and O–H groups in total. The molecule has 0 amide bonds. The van der Waals surface area contributed by atoms with Gasteiger partial charge in [0.1, 0.15) is 0 Å². The van der Waals surface area contributed by atoms with Crippen LogP contribution in [0.4, 0.5) is 0 Å². The molecule has 0 bridgehead atoms. The van der Waals surface area contributed by atoms with Crippen LogP contribution in [-0.2, 0) is 6.54 Å². The second-order valence-corrected chi connectivity index (χ2v) is 6.98. The molecule has 0 saturated carbocycles. The van der Waals surface area contributed by atoms with E-state index in [1.165, 1.54) is 5.01 Å². The zero-order valence-corrected chi connectivity index (χ0v) is 15.2. The van der Waals surface area contributed by atoms with E-state index in [1.807, 2.05) is 6.07 Å². The van der Waals surface area contributed by atoms with Gasteiger partial charge in [0.15, 0.2) is 0 Å². The third-order valence-corrected chi connectivity index (χ3v) is 7.03. The second kappa shape index (κ2) is 5.11. The molecule has 1 aliphatic rings. The number of allylic oxidation sites excluding steroid dienone is 1. The van der Waals surface area contributed by atoms with Gasteiger partial charge in [-0.3, -0.25) is 0 Å². The Morgan fingerprint density at radius 1 is 1.24 bits per heavy atom. The van der Waals surface area contributed by atoms with Crippen LogP contribution < -0.4 is 19.2 Å². The molecule has 0 fully saturated rings. The van der Waals surface area contributed by atoms with E-state index in [4.69, 9.17) is 11.1 Å². The maximum atomic E-state index is 9.10. The molecule has 1 aromatic carbocycles. The van der Waals surface area contributed by atoms with E-state index in [2.05, 4.69) is 70.1 Å². The molecule has 0 spiro atoms. The van der Waals surface area contributed by atoms with Gasteiger partial charge < -0.3 is 0 Å². The third kappa shape index (κ3) is 2.27. The predicted octanol–water partition coefficient (Wildman–Crippen LogP) is -2.88. The van der Waals surface area contributed by atoms with Gasteiger partial charge in [0.05, 0.1) is 0 Å². The van der Waals surface area contributed by atoms with Gasteiger partial charge in [-0.15, -0.1) is 0 Å². The van der Waals surface area contributed by atoms with Crippen molar-refractivity contribution in [2.75, 3.05) is 0 Å². The van der Waals surface area contributed by atoms with Crippen molar-refractivity contribution >= 4 is 81.9 Å². The van der Waals surface area contributed by atoms with E-state index in [1.54, 1.807) is 0 Å². The van der Waals surface area contributed by atoms with Gasteiger partial charge in [0.2, 0.25) is 0 Å².